The van der Waals surface area contributed by atoms with Crippen LogP contribution < -0.4 is 0 Å². The minimum absolute atomic E-state index is 0.340. The van der Waals surface area contributed by atoms with E-state index in [1.54, 1.807) is 4.90 Å². The summed E-state index contributed by atoms with van der Waals surface area (Å²) in [6.07, 6.45) is 1.56. The Kier molecular flexibility index (Phi) is 3.45. The van der Waals surface area contributed by atoms with Crippen LogP contribution in [0.2, 0.25) is 0 Å². The number of rotatable bonds is 2. The third-order valence-corrected chi connectivity index (χ3v) is 4.17. The van der Waals surface area contributed by atoms with Gasteiger partial charge < -0.3 is 14.1 Å². The van der Waals surface area contributed by atoms with Crippen molar-refractivity contribution in [3.05, 3.63) is 17.8 Å². The van der Waals surface area contributed by atoms with Crippen LogP contribution in [0.1, 0.15) is 48.4 Å². The van der Waals surface area contributed by atoms with Gasteiger partial charge in [-0.3, -0.25) is 4.79 Å². The standard InChI is InChI=1S/C13H16F2N2O3/c14-11(15)9-10(20-8-16-9)12(18)17-5-2-1-3-13(17)4-6-19-7-13/h8,11H,1-7H2. The Hall–Kier alpha value is -1.50. The Morgan fingerprint density at radius 1 is 1.40 bits per heavy atom. The molecule has 0 radical (unpaired) electrons. The minimum Gasteiger partial charge on any atom is -0.438 e. The number of carbonyl (C=O) groups excluding carboxylic acids is 1. The van der Waals surface area contributed by atoms with Gasteiger partial charge in [0.1, 0.15) is 0 Å². The monoisotopic (exact) mass is 286 g/mol. The molecule has 1 aromatic heterocycles. The molecule has 3 rings (SSSR count). The lowest BCUT2D eigenvalue weighted by molar-refractivity contribution is 0.0221. The van der Waals surface area contributed by atoms with Gasteiger partial charge in [0.15, 0.2) is 12.1 Å². The molecule has 1 atom stereocenters. The summed E-state index contributed by atoms with van der Waals surface area (Å²) in [6.45, 7) is 1.62. The topological polar surface area (TPSA) is 55.6 Å². The van der Waals surface area contributed by atoms with Crippen molar-refractivity contribution in [3.63, 3.8) is 0 Å². The molecule has 20 heavy (non-hydrogen) atoms. The Balaban J connectivity index is 1.90. The molecule has 1 amide bonds. The van der Waals surface area contributed by atoms with Gasteiger partial charge in [-0.25, -0.2) is 13.8 Å². The van der Waals surface area contributed by atoms with Crippen LogP contribution >= 0.6 is 0 Å². The lowest BCUT2D eigenvalue weighted by Crippen LogP contribution is -2.55. The number of hydrogen-bond donors (Lipinski definition) is 0. The van der Waals surface area contributed by atoms with Crippen molar-refractivity contribution in [1.82, 2.24) is 9.88 Å². The average molecular weight is 286 g/mol. The number of amides is 1. The molecule has 2 aliphatic heterocycles. The predicted molar refractivity (Wildman–Crippen MR) is 64.5 cm³/mol. The second-order valence-corrected chi connectivity index (χ2v) is 5.31. The second kappa shape index (κ2) is 5.12. The summed E-state index contributed by atoms with van der Waals surface area (Å²) in [7, 11) is 0. The molecular formula is C13H16F2N2O3. The van der Waals surface area contributed by atoms with E-state index in [0.29, 0.717) is 19.8 Å². The molecule has 3 heterocycles. The number of alkyl halides is 2. The first kappa shape index (κ1) is 13.5. The molecule has 0 aromatic carbocycles. The number of oxazole rings is 1. The average Bonchev–Trinajstić information content (AvgIpc) is 3.08. The van der Waals surface area contributed by atoms with Gasteiger partial charge in [0.25, 0.3) is 12.3 Å². The van der Waals surface area contributed by atoms with Gasteiger partial charge in [0, 0.05) is 13.2 Å². The van der Waals surface area contributed by atoms with Crippen LogP contribution in [0.3, 0.4) is 0 Å². The highest BCUT2D eigenvalue weighted by molar-refractivity contribution is 5.93. The Bertz CT molecular complexity index is 498. The zero-order valence-corrected chi connectivity index (χ0v) is 11.0. The van der Waals surface area contributed by atoms with Crippen molar-refractivity contribution in [3.8, 4) is 0 Å². The van der Waals surface area contributed by atoms with Gasteiger partial charge in [-0.05, 0) is 25.7 Å². The van der Waals surface area contributed by atoms with Crippen LogP contribution in [0.4, 0.5) is 8.78 Å². The van der Waals surface area contributed by atoms with Crippen molar-refractivity contribution < 1.29 is 22.7 Å². The van der Waals surface area contributed by atoms with E-state index in [9.17, 15) is 13.6 Å². The molecule has 2 saturated heterocycles. The van der Waals surface area contributed by atoms with Crippen molar-refractivity contribution in [1.29, 1.82) is 0 Å². The Labute approximate surface area is 114 Å². The summed E-state index contributed by atoms with van der Waals surface area (Å²) in [6, 6.07) is 0. The molecular weight excluding hydrogens is 270 g/mol. The maximum atomic E-state index is 12.8. The predicted octanol–water partition coefficient (Wildman–Crippen LogP) is 2.40. The van der Waals surface area contributed by atoms with E-state index < -0.39 is 18.0 Å². The fraction of sp³-hybridized carbons (Fsp3) is 0.692. The number of ether oxygens (including phenoxy) is 1. The fourth-order valence-electron chi connectivity index (χ4n) is 3.11. The lowest BCUT2D eigenvalue weighted by atomic mass is 9.85. The first-order valence-corrected chi connectivity index (χ1v) is 6.75. The van der Waals surface area contributed by atoms with E-state index >= 15 is 0 Å². The minimum atomic E-state index is -2.81. The summed E-state index contributed by atoms with van der Waals surface area (Å²) >= 11 is 0. The molecule has 0 saturated carbocycles. The number of carbonyl (C=O) groups is 1. The van der Waals surface area contributed by atoms with Gasteiger partial charge in [0.05, 0.1) is 12.1 Å². The summed E-state index contributed by atoms with van der Waals surface area (Å²) in [5, 5.41) is 0. The highest BCUT2D eigenvalue weighted by atomic mass is 19.3. The van der Waals surface area contributed by atoms with Crippen LogP contribution in [0.15, 0.2) is 10.8 Å². The molecule has 5 nitrogen and oxygen atoms in total. The maximum Gasteiger partial charge on any atom is 0.292 e. The molecule has 110 valence electrons. The number of hydrogen-bond acceptors (Lipinski definition) is 4. The first-order chi connectivity index (χ1) is 9.64. The van der Waals surface area contributed by atoms with E-state index in [2.05, 4.69) is 4.98 Å². The zero-order chi connectivity index (χ0) is 14.2. The van der Waals surface area contributed by atoms with Crippen LogP contribution in [0.25, 0.3) is 0 Å². The first-order valence-electron chi connectivity index (χ1n) is 6.75. The SMILES string of the molecule is O=C(c1ocnc1C(F)F)N1CCCCC12CCOC2. The zero-order valence-electron chi connectivity index (χ0n) is 11.0. The largest absolute Gasteiger partial charge is 0.438 e. The van der Waals surface area contributed by atoms with E-state index in [0.717, 1.165) is 32.1 Å². The molecule has 0 bridgehead atoms. The van der Waals surface area contributed by atoms with Gasteiger partial charge in [-0.15, -0.1) is 0 Å². The van der Waals surface area contributed by atoms with Crippen molar-refractivity contribution in [2.75, 3.05) is 19.8 Å². The number of likely N-dealkylation sites (tertiary alicyclic amines) is 1. The van der Waals surface area contributed by atoms with Crippen LogP contribution in [-0.2, 0) is 4.74 Å². The van der Waals surface area contributed by atoms with Gasteiger partial charge >= 0.3 is 0 Å². The molecule has 1 aromatic rings. The van der Waals surface area contributed by atoms with Crippen molar-refractivity contribution >= 4 is 5.91 Å². The molecule has 2 fully saturated rings. The highest BCUT2D eigenvalue weighted by Gasteiger charge is 2.46. The van der Waals surface area contributed by atoms with Crippen molar-refractivity contribution in [2.45, 2.75) is 37.6 Å². The smallest absolute Gasteiger partial charge is 0.292 e. The molecule has 1 unspecified atom stereocenters. The number of piperidine rings is 1. The van der Waals surface area contributed by atoms with Gasteiger partial charge in [0.2, 0.25) is 5.76 Å². The summed E-state index contributed by atoms with van der Waals surface area (Å²) in [5.41, 5.74) is -0.934. The fourth-order valence-corrected chi connectivity index (χ4v) is 3.11. The van der Waals surface area contributed by atoms with E-state index in [4.69, 9.17) is 9.15 Å². The van der Waals surface area contributed by atoms with Crippen LogP contribution in [-0.4, -0.2) is 41.1 Å². The van der Waals surface area contributed by atoms with E-state index in [-0.39, 0.29) is 11.3 Å². The van der Waals surface area contributed by atoms with E-state index in [1.807, 2.05) is 0 Å². The van der Waals surface area contributed by atoms with Crippen LogP contribution in [0, 0.1) is 0 Å². The van der Waals surface area contributed by atoms with E-state index in [1.165, 1.54) is 0 Å². The summed E-state index contributed by atoms with van der Waals surface area (Å²) < 4.78 is 36.0. The molecule has 0 N–H and O–H groups in total. The normalized spacial score (nSPS) is 26.6. The summed E-state index contributed by atoms with van der Waals surface area (Å²) in [4.78, 5) is 17.7. The third kappa shape index (κ3) is 2.09. The summed E-state index contributed by atoms with van der Waals surface area (Å²) in [5.74, 6) is -0.837. The number of aromatic nitrogens is 1. The Morgan fingerprint density at radius 3 is 2.95 bits per heavy atom. The number of nitrogens with zero attached hydrogens (tertiary/aromatic N) is 2. The molecule has 2 aliphatic rings. The van der Waals surface area contributed by atoms with Crippen molar-refractivity contribution in [2.24, 2.45) is 0 Å². The molecule has 7 heteroatoms. The Morgan fingerprint density at radius 2 is 2.25 bits per heavy atom. The third-order valence-electron chi connectivity index (χ3n) is 4.17. The van der Waals surface area contributed by atoms with Gasteiger partial charge in [-0.2, -0.15) is 0 Å². The maximum absolute atomic E-state index is 12.8. The molecule has 0 aliphatic carbocycles. The quantitative estimate of drug-likeness (QED) is 0.837. The van der Waals surface area contributed by atoms with Gasteiger partial charge in [-0.1, -0.05) is 0 Å². The second-order valence-electron chi connectivity index (χ2n) is 5.31. The number of halogens is 2. The highest BCUT2D eigenvalue weighted by Crippen LogP contribution is 2.37. The lowest BCUT2D eigenvalue weighted by Gasteiger charge is -2.43. The molecule has 1 spiro atoms. The van der Waals surface area contributed by atoms with Crippen LogP contribution in [0.5, 0.6) is 0 Å².